The highest BCUT2D eigenvalue weighted by Crippen LogP contribution is 2.50. The van der Waals surface area contributed by atoms with Crippen LogP contribution in [0.25, 0.3) is 0 Å². The second-order valence-electron chi connectivity index (χ2n) is 9.52. The number of hydroxylamine groups is 1. The van der Waals surface area contributed by atoms with Gasteiger partial charge in [0.15, 0.2) is 0 Å². The van der Waals surface area contributed by atoms with E-state index in [2.05, 4.69) is 33.4 Å². The Bertz CT molecular complexity index is 1120. The van der Waals surface area contributed by atoms with Gasteiger partial charge in [0, 0.05) is 29.0 Å². The normalized spacial score (nSPS) is 25.0. The van der Waals surface area contributed by atoms with Crippen LogP contribution in [0.1, 0.15) is 55.2 Å². The Morgan fingerprint density at radius 3 is 2.63 bits per heavy atom. The lowest BCUT2D eigenvalue weighted by Gasteiger charge is -2.51. The van der Waals surface area contributed by atoms with Crippen molar-refractivity contribution >= 4 is 39.3 Å². The first kappa shape index (κ1) is 23.8. The van der Waals surface area contributed by atoms with Crippen molar-refractivity contribution < 1.29 is 19.6 Å². The number of para-hydroxylation sites is 1. The fraction of sp³-hybridized carbons (Fsp3) is 0.423. The van der Waals surface area contributed by atoms with Gasteiger partial charge in [0.25, 0.3) is 0 Å². The Balaban J connectivity index is 1.38. The van der Waals surface area contributed by atoms with Crippen molar-refractivity contribution in [2.45, 2.75) is 56.1 Å². The van der Waals surface area contributed by atoms with Gasteiger partial charge in [-0.2, -0.15) is 0 Å². The Morgan fingerprint density at radius 2 is 1.86 bits per heavy atom. The number of unbranched alkanes of at least 4 members (excludes halogenated alkanes) is 2. The molecule has 4 atom stereocenters. The quantitative estimate of drug-likeness (QED) is 0.283. The Kier molecular flexibility index (Phi) is 6.80. The van der Waals surface area contributed by atoms with Crippen LogP contribution < -0.4 is 10.8 Å². The number of hydrogen-bond acceptors (Lipinski definition) is 5. The van der Waals surface area contributed by atoms with Gasteiger partial charge in [0.2, 0.25) is 17.7 Å². The molecule has 0 bridgehead atoms. The number of piperidine rings is 1. The van der Waals surface area contributed by atoms with E-state index in [1.54, 1.807) is 10.4 Å². The lowest BCUT2D eigenvalue weighted by Crippen LogP contribution is -2.65. The number of nitrogens with zero attached hydrogens (tertiary/aromatic N) is 2. The summed E-state index contributed by atoms with van der Waals surface area (Å²) >= 11 is 3.50. The molecule has 3 aliphatic heterocycles. The molecule has 2 unspecified atom stereocenters. The largest absolute Gasteiger partial charge is 0.379 e. The molecule has 184 valence electrons. The molecule has 3 amide bonds. The van der Waals surface area contributed by atoms with Gasteiger partial charge in [-0.15, -0.1) is 0 Å². The van der Waals surface area contributed by atoms with Gasteiger partial charge in [-0.3, -0.25) is 19.6 Å². The molecule has 2 fully saturated rings. The lowest BCUT2D eigenvalue weighted by atomic mass is 9.76. The summed E-state index contributed by atoms with van der Waals surface area (Å²) in [5.41, 5.74) is 4.94. The van der Waals surface area contributed by atoms with Crippen LogP contribution in [0.3, 0.4) is 0 Å². The van der Waals surface area contributed by atoms with E-state index in [4.69, 9.17) is 5.21 Å². The van der Waals surface area contributed by atoms with Gasteiger partial charge >= 0.3 is 0 Å². The molecule has 8 nitrogen and oxygen atoms in total. The highest BCUT2D eigenvalue weighted by Gasteiger charge is 2.54. The van der Waals surface area contributed by atoms with Crippen molar-refractivity contribution in [1.82, 2.24) is 15.3 Å². The highest BCUT2D eigenvalue weighted by molar-refractivity contribution is 9.10. The van der Waals surface area contributed by atoms with Crippen molar-refractivity contribution in [1.29, 1.82) is 0 Å². The number of amides is 3. The summed E-state index contributed by atoms with van der Waals surface area (Å²) < 4.78 is 0.969. The van der Waals surface area contributed by atoms with Crippen molar-refractivity contribution in [3.8, 4) is 0 Å². The SMILES string of the molecule is O=C(CCCCCN1CC(=O)N2[C@@H](CC3c4ccccc4NC3[C@@H]2c2ccc(Br)cc2)C1=O)NO. The molecule has 0 radical (unpaired) electrons. The molecular formula is C26H29BrN4O4. The summed E-state index contributed by atoms with van der Waals surface area (Å²) in [6, 6.07) is 15.5. The minimum Gasteiger partial charge on any atom is -0.379 e. The standard InChI is InChI=1S/C26H29BrN4O4/c27-17-11-9-16(10-12-17)25-24-19(18-6-3-4-7-20(18)28-24)14-21-26(34)30(15-23(33)31(21)25)13-5-1-2-8-22(32)29-35/h3-4,6-7,9-12,19,21,24-25,28,35H,1-2,5,8,13-15H2,(H,29,32)/t19?,21-,24?,25-/m0/s1. The van der Waals surface area contributed by atoms with Gasteiger partial charge in [0.1, 0.15) is 6.04 Å². The Morgan fingerprint density at radius 1 is 1.09 bits per heavy atom. The molecule has 9 heteroatoms. The van der Waals surface area contributed by atoms with Crippen LogP contribution in [0.5, 0.6) is 0 Å². The predicted octanol–water partition coefficient (Wildman–Crippen LogP) is 3.58. The second kappa shape index (κ2) is 9.99. The lowest BCUT2D eigenvalue weighted by molar-refractivity contribution is -0.162. The highest BCUT2D eigenvalue weighted by atomic mass is 79.9. The van der Waals surface area contributed by atoms with Crippen molar-refractivity contribution in [3.05, 3.63) is 64.1 Å². The van der Waals surface area contributed by atoms with Crippen LogP contribution in [0.15, 0.2) is 53.0 Å². The predicted molar refractivity (Wildman–Crippen MR) is 134 cm³/mol. The van der Waals surface area contributed by atoms with Gasteiger partial charge in [0.05, 0.1) is 18.6 Å². The van der Waals surface area contributed by atoms with E-state index in [-0.39, 0.29) is 42.8 Å². The zero-order chi connectivity index (χ0) is 24.5. The molecule has 3 heterocycles. The molecule has 0 aliphatic carbocycles. The van der Waals surface area contributed by atoms with E-state index in [1.807, 2.05) is 41.3 Å². The van der Waals surface area contributed by atoms with Crippen LogP contribution in [0.2, 0.25) is 0 Å². The first-order valence-electron chi connectivity index (χ1n) is 12.1. The average Bonchev–Trinajstić information content (AvgIpc) is 3.24. The Hall–Kier alpha value is -2.91. The number of piperazine rings is 1. The van der Waals surface area contributed by atoms with E-state index >= 15 is 0 Å². The van der Waals surface area contributed by atoms with Gasteiger partial charge < -0.3 is 15.1 Å². The van der Waals surface area contributed by atoms with E-state index in [0.717, 1.165) is 22.1 Å². The molecule has 0 aromatic heterocycles. The fourth-order valence-corrected chi connectivity index (χ4v) is 6.10. The number of carbonyl (C=O) groups is 3. The number of carbonyl (C=O) groups excluding carboxylic acids is 3. The number of hydrogen-bond donors (Lipinski definition) is 3. The number of anilines is 1. The number of nitrogens with one attached hydrogen (secondary N) is 2. The van der Waals surface area contributed by atoms with E-state index in [0.29, 0.717) is 25.8 Å². The number of fused-ring (bicyclic) bond motifs is 4. The molecule has 5 rings (SSSR count). The third-order valence-corrected chi connectivity index (χ3v) is 7.98. The molecular weight excluding hydrogens is 512 g/mol. The number of rotatable bonds is 7. The van der Waals surface area contributed by atoms with Crippen LogP contribution in [0, 0.1) is 0 Å². The average molecular weight is 541 g/mol. The van der Waals surface area contributed by atoms with Crippen LogP contribution >= 0.6 is 15.9 Å². The summed E-state index contributed by atoms with van der Waals surface area (Å²) in [7, 11) is 0. The molecule has 35 heavy (non-hydrogen) atoms. The number of halogens is 1. The Labute approximate surface area is 212 Å². The zero-order valence-electron chi connectivity index (χ0n) is 19.3. The summed E-state index contributed by atoms with van der Waals surface area (Å²) in [5, 5.41) is 12.3. The van der Waals surface area contributed by atoms with Crippen LogP contribution in [0.4, 0.5) is 5.69 Å². The molecule has 0 saturated carbocycles. The molecule has 2 aromatic carbocycles. The minimum absolute atomic E-state index is 0.00245. The van der Waals surface area contributed by atoms with Crippen LogP contribution in [-0.4, -0.2) is 57.9 Å². The molecule has 0 spiro atoms. The topological polar surface area (TPSA) is 102 Å². The summed E-state index contributed by atoms with van der Waals surface area (Å²) in [4.78, 5) is 41.9. The van der Waals surface area contributed by atoms with Crippen LogP contribution in [-0.2, 0) is 14.4 Å². The summed E-state index contributed by atoms with van der Waals surface area (Å²) in [6.07, 6.45) is 2.90. The second-order valence-corrected chi connectivity index (χ2v) is 10.4. The van der Waals surface area contributed by atoms with Crippen molar-refractivity contribution in [2.24, 2.45) is 0 Å². The zero-order valence-corrected chi connectivity index (χ0v) is 20.9. The third kappa shape index (κ3) is 4.54. The maximum atomic E-state index is 13.7. The maximum absolute atomic E-state index is 13.7. The molecule has 3 aliphatic rings. The van der Waals surface area contributed by atoms with Gasteiger partial charge in [-0.25, -0.2) is 5.48 Å². The molecule has 3 N–H and O–H groups in total. The fourth-order valence-electron chi connectivity index (χ4n) is 5.84. The summed E-state index contributed by atoms with van der Waals surface area (Å²) in [6.45, 7) is 0.561. The minimum atomic E-state index is -0.501. The van der Waals surface area contributed by atoms with E-state index in [9.17, 15) is 14.4 Å². The first-order chi connectivity index (χ1) is 17.0. The number of benzene rings is 2. The molecule has 2 saturated heterocycles. The van der Waals surface area contributed by atoms with Gasteiger partial charge in [-0.05, 0) is 48.6 Å². The third-order valence-electron chi connectivity index (χ3n) is 7.45. The summed E-state index contributed by atoms with van der Waals surface area (Å²) in [5.74, 6) is -0.304. The van der Waals surface area contributed by atoms with E-state index in [1.165, 1.54) is 5.56 Å². The smallest absolute Gasteiger partial charge is 0.245 e. The van der Waals surface area contributed by atoms with Gasteiger partial charge in [-0.1, -0.05) is 52.7 Å². The van der Waals surface area contributed by atoms with Crippen molar-refractivity contribution in [3.63, 3.8) is 0 Å². The van der Waals surface area contributed by atoms with Crippen molar-refractivity contribution in [2.75, 3.05) is 18.4 Å². The maximum Gasteiger partial charge on any atom is 0.245 e. The monoisotopic (exact) mass is 540 g/mol. The van der Waals surface area contributed by atoms with E-state index < -0.39 is 11.9 Å². The molecule has 2 aromatic rings. The first-order valence-corrected chi connectivity index (χ1v) is 12.9.